The van der Waals surface area contributed by atoms with Gasteiger partial charge in [-0.25, -0.2) is 0 Å². The van der Waals surface area contributed by atoms with Crippen molar-refractivity contribution in [2.75, 3.05) is 39.5 Å². The number of nitrogens with one attached hydrogen (secondary N) is 1. The summed E-state index contributed by atoms with van der Waals surface area (Å²) < 4.78 is 20.7. The molecule has 0 bridgehead atoms. The van der Waals surface area contributed by atoms with Crippen LogP contribution in [0.5, 0.6) is 0 Å². The lowest BCUT2D eigenvalue weighted by Gasteiger charge is -2.35. The van der Waals surface area contributed by atoms with E-state index in [1.54, 1.807) is 0 Å². The number of aliphatic hydroxyl groups excluding tert-OH is 2. The minimum absolute atomic E-state index is 0.0330. The van der Waals surface area contributed by atoms with Gasteiger partial charge in [0.1, 0.15) is 6.10 Å². The third-order valence-electron chi connectivity index (χ3n) is 3.20. The highest BCUT2D eigenvalue weighted by Gasteiger charge is 2.41. The zero-order valence-corrected chi connectivity index (χ0v) is 13.5. The quantitative estimate of drug-likeness (QED) is 0.329. The SMILES string of the molecule is CCCCOCCOCCNC(=O)C1OC(CN)OC(O)C1O. The van der Waals surface area contributed by atoms with Crippen LogP contribution < -0.4 is 11.1 Å². The third-order valence-corrected chi connectivity index (χ3v) is 3.20. The van der Waals surface area contributed by atoms with Gasteiger partial charge in [0.2, 0.25) is 0 Å². The number of nitrogens with two attached hydrogens (primary N) is 1. The number of rotatable bonds is 11. The van der Waals surface area contributed by atoms with E-state index in [2.05, 4.69) is 12.2 Å². The van der Waals surface area contributed by atoms with Gasteiger partial charge in [0, 0.05) is 19.7 Å². The van der Waals surface area contributed by atoms with Gasteiger partial charge < -0.3 is 40.2 Å². The molecule has 4 atom stereocenters. The Balaban J connectivity index is 2.13. The van der Waals surface area contributed by atoms with Crippen molar-refractivity contribution in [1.82, 2.24) is 5.32 Å². The summed E-state index contributed by atoms with van der Waals surface area (Å²) in [6.45, 7) is 4.31. The molecule has 0 radical (unpaired) electrons. The standard InChI is InChI=1S/C14H28N2O7/c1-2-3-5-20-7-8-21-6-4-16-13(18)12-11(17)14(19)23-10(9-15)22-12/h10-12,14,17,19H,2-9,15H2,1H3,(H,16,18). The van der Waals surface area contributed by atoms with Crippen molar-refractivity contribution in [3.05, 3.63) is 0 Å². The molecule has 9 heteroatoms. The van der Waals surface area contributed by atoms with E-state index in [0.717, 1.165) is 19.4 Å². The van der Waals surface area contributed by atoms with E-state index < -0.39 is 30.7 Å². The molecular formula is C14H28N2O7. The number of amides is 1. The van der Waals surface area contributed by atoms with Gasteiger partial charge in [-0.2, -0.15) is 0 Å². The Morgan fingerprint density at radius 1 is 1.17 bits per heavy atom. The Kier molecular flexibility index (Phi) is 10.3. The third kappa shape index (κ3) is 7.53. The summed E-state index contributed by atoms with van der Waals surface area (Å²) in [6.07, 6.45) is -3.02. The highest BCUT2D eigenvalue weighted by atomic mass is 16.8. The summed E-state index contributed by atoms with van der Waals surface area (Å²) in [4.78, 5) is 11.9. The van der Waals surface area contributed by atoms with Gasteiger partial charge in [-0.05, 0) is 6.42 Å². The topological polar surface area (TPSA) is 132 Å². The van der Waals surface area contributed by atoms with Gasteiger partial charge in [0.05, 0.1) is 19.8 Å². The van der Waals surface area contributed by atoms with E-state index in [1.807, 2.05) is 0 Å². The van der Waals surface area contributed by atoms with E-state index >= 15 is 0 Å². The van der Waals surface area contributed by atoms with E-state index in [4.69, 9.17) is 24.7 Å². The van der Waals surface area contributed by atoms with Crippen molar-refractivity contribution >= 4 is 5.91 Å². The Hall–Kier alpha value is -0.810. The Morgan fingerprint density at radius 2 is 1.87 bits per heavy atom. The van der Waals surface area contributed by atoms with Gasteiger partial charge in [-0.1, -0.05) is 13.3 Å². The molecule has 1 saturated heterocycles. The first-order valence-electron chi connectivity index (χ1n) is 7.90. The average Bonchev–Trinajstić information content (AvgIpc) is 2.55. The Morgan fingerprint density at radius 3 is 2.52 bits per heavy atom. The zero-order valence-electron chi connectivity index (χ0n) is 13.5. The number of hydrogen-bond donors (Lipinski definition) is 4. The number of aliphatic hydroxyl groups is 2. The molecule has 0 saturated carbocycles. The smallest absolute Gasteiger partial charge is 0.252 e. The summed E-state index contributed by atoms with van der Waals surface area (Å²) in [6, 6.07) is 0. The second-order valence-corrected chi connectivity index (χ2v) is 5.11. The van der Waals surface area contributed by atoms with Crippen molar-refractivity contribution in [2.24, 2.45) is 5.73 Å². The van der Waals surface area contributed by atoms with Gasteiger partial charge in [0.25, 0.3) is 5.91 Å². The summed E-state index contributed by atoms with van der Waals surface area (Å²) >= 11 is 0. The van der Waals surface area contributed by atoms with E-state index in [-0.39, 0.29) is 13.1 Å². The van der Waals surface area contributed by atoms with Crippen LogP contribution in [0.3, 0.4) is 0 Å². The van der Waals surface area contributed by atoms with Crippen molar-refractivity contribution in [2.45, 2.75) is 44.6 Å². The molecule has 9 nitrogen and oxygen atoms in total. The van der Waals surface area contributed by atoms with Crippen LogP contribution in [0.4, 0.5) is 0 Å². The minimum Gasteiger partial charge on any atom is -0.385 e. The maximum atomic E-state index is 11.9. The molecule has 1 amide bonds. The predicted molar refractivity (Wildman–Crippen MR) is 80.4 cm³/mol. The molecule has 0 spiro atoms. The molecule has 1 aliphatic rings. The normalized spacial score (nSPS) is 27.8. The largest absolute Gasteiger partial charge is 0.385 e. The fourth-order valence-corrected chi connectivity index (χ4v) is 1.90. The molecule has 1 aliphatic heterocycles. The Bertz CT molecular complexity index is 332. The molecule has 0 aromatic heterocycles. The maximum Gasteiger partial charge on any atom is 0.252 e. The number of unbranched alkanes of at least 4 members (excludes halogenated alkanes) is 1. The van der Waals surface area contributed by atoms with Crippen LogP contribution in [0.1, 0.15) is 19.8 Å². The van der Waals surface area contributed by atoms with Crippen LogP contribution in [0.2, 0.25) is 0 Å². The zero-order chi connectivity index (χ0) is 17.1. The first-order valence-corrected chi connectivity index (χ1v) is 7.90. The van der Waals surface area contributed by atoms with E-state index in [9.17, 15) is 15.0 Å². The molecular weight excluding hydrogens is 308 g/mol. The number of carbonyl (C=O) groups excluding carboxylic acids is 1. The molecule has 4 unspecified atom stereocenters. The van der Waals surface area contributed by atoms with Crippen LogP contribution in [-0.4, -0.2) is 80.4 Å². The second kappa shape index (κ2) is 11.7. The molecule has 23 heavy (non-hydrogen) atoms. The molecule has 1 fully saturated rings. The molecule has 0 aliphatic carbocycles. The molecule has 1 rings (SSSR count). The minimum atomic E-state index is -1.51. The summed E-state index contributed by atoms with van der Waals surface area (Å²) in [5.41, 5.74) is 5.37. The van der Waals surface area contributed by atoms with Crippen LogP contribution in [0.25, 0.3) is 0 Å². The van der Waals surface area contributed by atoms with Crippen LogP contribution in [0.15, 0.2) is 0 Å². The number of ether oxygens (including phenoxy) is 4. The van der Waals surface area contributed by atoms with Crippen LogP contribution in [0, 0.1) is 0 Å². The Labute approximate surface area is 136 Å². The van der Waals surface area contributed by atoms with Gasteiger partial charge in [0.15, 0.2) is 18.7 Å². The van der Waals surface area contributed by atoms with Gasteiger partial charge >= 0.3 is 0 Å². The van der Waals surface area contributed by atoms with Crippen molar-refractivity contribution in [3.8, 4) is 0 Å². The second-order valence-electron chi connectivity index (χ2n) is 5.11. The van der Waals surface area contributed by atoms with Crippen molar-refractivity contribution in [3.63, 3.8) is 0 Å². The highest BCUT2D eigenvalue weighted by Crippen LogP contribution is 2.17. The van der Waals surface area contributed by atoms with Crippen molar-refractivity contribution < 1.29 is 34.0 Å². The van der Waals surface area contributed by atoms with Crippen LogP contribution in [-0.2, 0) is 23.7 Å². The van der Waals surface area contributed by atoms with Gasteiger partial charge in [-0.3, -0.25) is 4.79 Å². The molecule has 1 heterocycles. The van der Waals surface area contributed by atoms with Crippen LogP contribution >= 0.6 is 0 Å². The fraction of sp³-hybridized carbons (Fsp3) is 0.929. The first kappa shape index (κ1) is 20.2. The first-order chi connectivity index (χ1) is 11.1. The highest BCUT2D eigenvalue weighted by molar-refractivity contribution is 5.81. The summed E-state index contributed by atoms with van der Waals surface area (Å²) in [7, 11) is 0. The van der Waals surface area contributed by atoms with E-state index in [1.165, 1.54) is 0 Å². The lowest BCUT2D eigenvalue weighted by molar-refractivity contribution is -0.323. The lowest BCUT2D eigenvalue weighted by Crippen LogP contribution is -2.57. The fourth-order valence-electron chi connectivity index (χ4n) is 1.90. The lowest BCUT2D eigenvalue weighted by atomic mass is 10.1. The molecule has 5 N–H and O–H groups in total. The molecule has 0 aromatic rings. The molecule has 136 valence electrons. The summed E-state index contributed by atoms with van der Waals surface area (Å²) in [5, 5.41) is 21.8. The summed E-state index contributed by atoms with van der Waals surface area (Å²) in [5.74, 6) is -0.555. The van der Waals surface area contributed by atoms with Crippen molar-refractivity contribution in [1.29, 1.82) is 0 Å². The number of carbonyl (C=O) groups is 1. The molecule has 0 aromatic carbocycles. The number of hydrogen-bond acceptors (Lipinski definition) is 8. The van der Waals surface area contributed by atoms with Gasteiger partial charge in [-0.15, -0.1) is 0 Å². The maximum absolute atomic E-state index is 11.9. The monoisotopic (exact) mass is 336 g/mol. The van der Waals surface area contributed by atoms with E-state index in [0.29, 0.717) is 19.8 Å². The predicted octanol–water partition coefficient (Wildman–Crippen LogP) is -1.68. The average molecular weight is 336 g/mol.